The van der Waals surface area contributed by atoms with Crippen LogP contribution < -0.4 is 76.5 Å². The Morgan fingerprint density at radius 2 is 1.11 bits per heavy atom. The first kappa shape index (κ1) is 60.3. The van der Waals surface area contributed by atoms with Crippen molar-refractivity contribution in [3.8, 4) is 0 Å². The standard InChI is InChI=1S/C45H78N14O11/c1-24(2)22-33-42(67)55-29(13-17-46)38(63)54-32(16-20-49)41(66)59-36(26(4)61)45(70)51-21-9-8-12-28(52-39(64)31(15-19-48)56-44(69)35(50)25(3)60)37(62)53-30(14-18-47)40(65)58-34(43(68)57-33)23-27-10-6-5-7-11-27/h5-7,10-11,24-26,28-36,60-61H,8-9,12-23,46-50H2,1-4H3,(H,51,70)(H,52,64)(H,53,62)(H,54,63)(H,55,67)(H,56,69)(H,57,68)(H,58,65)(H,59,66)/t25-,26-,28-,29+,30-,31+,32-,33-,34-,35+,36+/m1/s1. The molecule has 0 spiro atoms. The van der Waals surface area contributed by atoms with Crippen molar-refractivity contribution in [2.24, 2.45) is 34.6 Å². The third-order valence-electron chi connectivity index (χ3n) is 11.3. The minimum Gasteiger partial charge on any atom is -0.391 e. The summed E-state index contributed by atoms with van der Waals surface area (Å²) in [6.45, 7) is 5.74. The van der Waals surface area contributed by atoms with Crippen molar-refractivity contribution in [2.45, 2.75) is 152 Å². The van der Waals surface area contributed by atoms with E-state index >= 15 is 0 Å². The second kappa shape index (κ2) is 31.4. The number of rotatable bonds is 18. The second-order valence-corrected chi connectivity index (χ2v) is 17.8. The Morgan fingerprint density at radius 1 is 0.629 bits per heavy atom. The van der Waals surface area contributed by atoms with E-state index < -0.39 is 120 Å². The van der Waals surface area contributed by atoms with Gasteiger partial charge in [0.05, 0.1) is 12.2 Å². The number of carbonyl (C=O) groups is 9. The largest absolute Gasteiger partial charge is 0.391 e. The van der Waals surface area contributed by atoms with Crippen LogP contribution in [-0.2, 0) is 49.6 Å². The molecule has 0 aromatic heterocycles. The Kier molecular flexibility index (Phi) is 27.1. The first-order chi connectivity index (χ1) is 33.2. The normalized spacial score (nSPS) is 24.9. The fourth-order valence-electron chi connectivity index (χ4n) is 7.35. The summed E-state index contributed by atoms with van der Waals surface area (Å²) in [5.74, 6) is -7.62. The van der Waals surface area contributed by atoms with Gasteiger partial charge in [-0.05, 0) is 103 Å². The molecule has 11 atom stereocenters. The molecule has 21 N–H and O–H groups in total. The lowest BCUT2D eigenvalue weighted by Gasteiger charge is -2.28. The molecule has 0 unspecified atom stereocenters. The van der Waals surface area contributed by atoms with E-state index in [4.69, 9.17) is 28.7 Å². The maximum Gasteiger partial charge on any atom is 0.245 e. The van der Waals surface area contributed by atoms with Crippen molar-refractivity contribution in [1.29, 1.82) is 0 Å². The topological polar surface area (TPSA) is 432 Å². The summed E-state index contributed by atoms with van der Waals surface area (Å²) in [5, 5.41) is 43.8. The maximum atomic E-state index is 14.3. The van der Waals surface area contributed by atoms with Gasteiger partial charge in [0.1, 0.15) is 54.4 Å². The van der Waals surface area contributed by atoms with E-state index in [0.29, 0.717) is 5.56 Å². The molecule has 70 heavy (non-hydrogen) atoms. The molecule has 25 heteroatoms. The fourth-order valence-corrected chi connectivity index (χ4v) is 7.35. The number of hydrogen-bond acceptors (Lipinski definition) is 16. The van der Waals surface area contributed by atoms with E-state index in [1.54, 1.807) is 44.2 Å². The summed E-state index contributed by atoms with van der Waals surface area (Å²) in [4.78, 5) is 124. The Balaban J connectivity index is 2.69. The van der Waals surface area contributed by atoms with Crippen LogP contribution in [-0.4, -0.2) is 163 Å². The highest BCUT2D eigenvalue weighted by Gasteiger charge is 2.36. The van der Waals surface area contributed by atoms with Gasteiger partial charge < -0.3 is 86.7 Å². The molecule has 1 aromatic carbocycles. The van der Waals surface area contributed by atoms with Gasteiger partial charge in [0, 0.05) is 13.0 Å². The Morgan fingerprint density at radius 3 is 1.61 bits per heavy atom. The highest BCUT2D eigenvalue weighted by Crippen LogP contribution is 2.11. The number of carbonyl (C=O) groups excluding carboxylic acids is 9. The number of amides is 9. The lowest BCUT2D eigenvalue weighted by atomic mass is 10.00. The third kappa shape index (κ3) is 20.6. The predicted octanol–water partition coefficient (Wildman–Crippen LogP) is -6.06. The summed E-state index contributed by atoms with van der Waals surface area (Å²) in [6.07, 6.45) is -2.89. The summed E-state index contributed by atoms with van der Waals surface area (Å²) in [6, 6.07) is -3.55. The van der Waals surface area contributed by atoms with Gasteiger partial charge in [-0.3, -0.25) is 43.2 Å². The molecule has 2 rings (SSSR count). The smallest absolute Gasteiger partial charge is 0.245 e. The molecule has 394 valence electrons. The second-order valence-electron chi connectivity index (χ2n) is 17.8. The van der Waals surface area contributed by atoms with Crippen LogP contribution in [0.25, 0.3) is 0 Å². The van der Waals surface area contributed by atoms with Gasteiger partial charge in [-0.2, -0.15) is 0 Å². The van der Waals surface area contributed by atoms with Crippen LogP contribution in [0.2, 0.25) is 0 Å². The zero-order chi connectivity index (χ0) is 52.5. The number of benzene rings is 1. The highest BCUT2D eigenvalue weighted by atomic mass is 16.3. The molecule has 1 aliphatic rings. The molecule has 0 bridgehead atoms. The molecule has 1 aliphatic heterocycles. The number of aliphatic hydroxyl groups excluding tert-OH is 2. The SMILES string of the molecule is CC(C)C[C@H]1NC(=O)[C@@H](Cc2ccccc2)NC(=O)[C@@H](CCN)NC(=O)[C@H](NC(=O)[C@H](CCN)NC(=O)[C@@H](N)[C@@H](C)O)CCCCNC(=O)[C@H]([C@@H](C)O)NC(=O)[C@@H](CCN)NC(=O)[C@H](CCN)NC1=O. The molecular formula is C45H78N14O11. The Hall–Kier alpha value is -5.83. The van der Waals surface area contributed by atoms with Crippen molar-refractivity contribution >= 4 is 53.2 Å². The monoisotopic (exact) mass is 991 g/mol. The molecule has 1 heterocycles. The summed E-state index contributed by atoms with van der Waals surface area (Å²) in [7, 11) is 0. The van der Waals surface area contributed by atoms with Crippen LogP contribution in [0, 0.1) is 5.92 Å². The minimum atomic E-state index is -1.51. The lowest BCUT2D eigenvalue weighted by molar-refractivity contribution is -0.136. The van der Waals surface area contributed by atoms with Gasteiger partial charge in [-0.15, -0.1) is 0 Å². The van der Waals surface area contributed by atoms with Crippen molar-refractivity contribution < 1.29 is 53.4 Å². The summed E-state index contributed by atoms with van der Waals surface area (Å²) < 4.78 is 0. The highest BCUT2D eigenvalue weighted by molar-refractivity contribution is 5.98. The number of nitrogens with two attached hydrogens (primary N) is 5. The molecule has 0 aliphatic carbocycles. The molecule has 25 nitrogen and oxygen atoms in total. The van der Waals surface area contributed by atoms with Crippen LogP contribution in [0.1, 0.15) is 84.6 Å². The first-order valence-corrected chi connectivity index (χ1v) is 23.8. The van der Waals surface area contributed by atoms with Gasteiger partial charge >= 0.3 is 0 Å². The van der Waals surface area contributed by atoms with Crippen LogP contribution in [0.3, 0.4) is 0 Å². The average Bonchev–Trinajstić information content (AvgIpc) is 3.30. The van der Waals surface area contributed by atoms with Crippen LogP contribution in [0.4, 0.5) is 0 Å². The van der Waals surface area contributed by atoms with Gasteiger partial charge in [0.25, 0.3) is 0 Å². The van der Waals surface area contributed by atoms with Gasteiger partial charge in [0.15, 0.2) is 0 Å². The number of nitrogens with one attached hydrogen (secondary N) is 9. The summed E-state index contributed by atoms with van der Waals surface area (Å²) >= 11 is 0. The average molecular weight is 991 g/mol. The van der Waals surface area contributed by atoms with E-state index in [2.05, 4.69) is 47.9 Å². The zero-order valence-corrected chi connectivity index (χ0v) is 40.7. The van der Waals surface area contributed by atoms with E-state index in [1.165, 1.54) is 13.8 Å². The van der Waals surface area contributed by atoms with E-state index in [0.717, 1.165) is 0 Å². The molecule has 0 saturated carbocycles. The Bertz CT molecular complexity index is 1880. The lowest BCUT2D eigenvalue weighted by Crippen LogP contribution is -2.61. The van der Waals surface area contributed by atoms with Crippen LogP contribution in [0.15, 0.2) is 30.3 Å². The van der Waals surface area contributed by atoms with Gasteiger partial charge in [0.2, 0.25) is 53.2 Å². The van der Waals surface area contributed by atoms with E-state index in [-0.39, 0.29) is 96.4 Å². The fraction of sp³-hybridized carbons (Fsp3) is 0.667. The van der Waals surface area contributed by atoms with E-state index in [1.807, 2.05) is 0 Å². The predicted molar refractivity (Wildman–Crippen MR) is 258 cm³/mol. The molecular weight excluding hydrogens is 913 g/mol. The van der Waals surface area contributed by atoms with Crippen LogP contribution in [0.5, 0.6) is 0 Å². The number of hydrogen-bond donors (Lipinski definition) is 16. The van der Waals surface area contributed by atoms with Gasteiger partial charge in [-0.25, -0.2) is 0 Å². The molecule has 1 aromatic rings. The van der Waals surface area contributed by atoms with Gasteiger partial charge in [-0.1, -0.05) is 44.2 Å². The van der Waals surface area contributed by atoms with Crippen LogP contribution >= 0.6 is 0 Å². The van der Waals surface area contributed by atoms with E-state index in [9.17, 15) is 53.4 Å². The quantitative estimate of drug-likeness (QED) is 0.0651. The third-order valence-corrected chi connectivity index (χ3v) is 11.3. The van der Waals surface area contributed by atoms with Crippen molar-refractivity contribution in [2.75, 3.05) is 32.7 Å². The maximum absolute atomic E-state index is 14.3. The minimum absolute atomic E-state index is 0.0480. The summed E-state index contributed by atoms with van der Waals surface area (Å²) in [5.41, 5.74) is 29.7. The first-order valence-electron chi connectivity index (χ1n) is 23.8. The van der Waals surface area contributed by atoms with Crippen molar-refractivity contribution in [3.63, 3.8) is 0 Å². The zero-order valence-electron chi connectivity index (χ0n) is 40.7. The number of aliphatic hydroxyl groups is 2. The molecule has 0 radical (unpaired) electrons. The Labute approximate surface area is 408 Å². The van der Waals surface area contributed by atoms with Crippen molar-refractivity contribution in [3.05, 3.63) is 35.9 Å². The molecule has 1 saturated heterocycles. The molecule has 1 fully saturated rings. The van der Waals surface area contributed by atoms with Crippen molar-refractivity contribution in [1.82, 2.24) is 47.9 Å². The molecule has 9 amide bonds.